The summed E-state index contributed by atoms with van der Waals surface area (Å²) in [6, 6.07) is 14.8. The zero-order valence-electron chi connectivity index (χ0n) is 13.9. The van der Waals surface area contributed by atoms with Gasteiger partial charge in [-0.3, -0.25) is 14.9 Å². The second-order valence-electron chi connectivity index (χ2n) is 5.75. The van der Waals surface area contributed by atoms with Crippen LogP contribution in [0.15, 0.2) is 53.4 Å². The number of piperazine rings is 1. The fourth-order valence-electron chi connectivity index (χ4n) is 2.95. The zero-order valence-corrected chi connectivity index (χ0v) is 14.7. The van der Waals surface area contributed by atoms with Crippen molar-refractivity contribution in [3.8, 4) is 0 Å². The molecule has 6 nitrogen and oxygen atoms in total. The highest BCUT2D eigenvalue weighted by Gasteiger charge is 2.27. The summed E-state index contributed by atoms with van der Waals surface area (Å²) in [5.41, 5.74) is 1.17. The minimum Gasteiger partial charge on any atom is -0.368 e. The molecule has 1 amide bonds. The van der Waals surface area contributed by atoms with E-state index in [9.17, 15) is 14.9 Å². The van der Waals surface area contributed by atoms with Crippen LogP contribution in [0, 0.1) is 10.1 Å². The van der Waals surface area contributed by atoms with Gasteiger partial charge in [-0.15, -0.1) is 11.8 Å². The van der Waals surface area contributed by atoms with Crippen LogP contribution >= 0.6 is 11.8 Å². The third-order valence-electron chi connectivity index (χ3n) is 4.32. The van der Waals surface area contributed by atoms with Crippen molar-refractivity contribution in [3.05, 3.63) is 64.2 Å². The molecule has 7 heteroatoms. The molecular weight excluding hydrogens is 338 g/mol. The summed E-state index contributed by atoms with van der Waals surface area (Å²) < 4.78 is 0. The van der Waals surface area contributed by atoms with Crippen molar-refractivity contribution in [2.45, 2.75) is 4.90 Å². The van der Waals surface area contributed by atoms with Crippen LogP contribution in [0.3, 0.4) is 0 Å². The van der Waals surface area contributed by atoms with Crippen molar-refractivity contribution in [3.63, 3.8) is 0 Å². The van der Waals surface area contributed by atoms with Crippen LogP contribution in [0.25, 0.3) is 0 Å². The average Bonchev–Trinajstić information content (AvgIpc) is 2.67. The van der Waals surface area contributed by atoms with Gasteiger partial charge in [0.15, 0.2) is 0 Å². The van der Waals surface area contributed by atoms with Gasteiger partial charge >= 0.3 is 0 Å². The maximum absolute atomic E-state index is 12.8. The normalized spacial score (nSPS) is 14.4. The number of hydrogen-bond donors (Lipinski definition) is 0. The van der Waals surface area contributed by atoms with E-state index in [1.165, 1.54) is 17.8 Å². The molecular formula is C18H19N3O3S. The fraction of sp³-hybridized carbons (Fsp3) is 0.278. The molecule has 1 aliphatic rings. The molecule has 1 saturated heterocycles. The zero-order chi connectivity index (χ0) is 17.8. The van der Waals surface area contributed by atoms with Gasteiger partial charge in [0.1, 0.15) is 5.56 Å². The van der Waals surface area contributed by atoms with Crippen LogP contribution in [0.1, 0.15) is 10.4 Å². The number of nitrogens with zero attached hydrogens (tertiary/aromatic N) is 3. The van der Waals surface area contributed by atoms with Crippen LogP contribution in [0.4, 0.5) is 11.4 Å². The monoisotopic (exact) mass is 357 g/mol. The van der Waals surface area contributed by atoms with E-state index in [-0.39, 0.29) is 17.2 Å². The number of amides is 1. The summed E-state index contributed by atoms with van der Waals surface area (Å²) in [6.07, 6.45) is 1.88. The summed E-state index contributed by atoms with van der Waals surface area (Å²) in [6.45, 7) is 2.53. The van der Waals surface area contributed by atoms with Crippen molar-refractivity contribution >= 4 is 29.0 Å². The number of para-hydroxylation sites is 1. The van der Waals surface area contributed by atoms with E-state index in [2.05, 4.69) is 4.90 Å². The van der Waals surface area contributed by atoms with Crippen molar-refractivity contribution in [2.24, 2.45) is 0 Å². The van der Waals surface area contributed by atoms with Crippen LogP contribution < -0.4 is 4.90 Å². The Labute approximate surface area is 150 Å². The SMILES string of the molecule is CSc1ccc([N+](=O)[O-])c(C(=O)N2CCN(c3ccccc3)CC2)c1. The van der Waals surface area contributed by atoms with Gasteiger partial charge in [-0.2, -0.15) is 0 Å². The van der Waals surface area contributed by atoms with Gasteiger partial charge in [0.05, 0.1) is 4.92 Å². The van der Waals surface area contributed by atoms with Gasteiger partial charge < -0.3 is 9.80 Å². The number of rotatable bonds is 4. The minimum atomic E-state index is -0.489. The van der Waals surface area contributed by atoms with Gasteiger partial charge in [-0.25, -0.2) is 0 Å². The molecule has 130 valence electrons. The molecule has 0 bridgehead atoms. The first-order chi connectivity index (χ1) is 12.1. The first-order valence-electron chi connectivity index (χ1n) is 8.02. The number of thioether (sulfide) groups is 1. The highest BCUT2D eigenvalue weighted by atomic mass is 32.2. The second-order valence-corrected chi connectivity index (χ2v) is 6.63. The molecule has 2 aromatic carbocycles. The fourth-order valence-corrected chi connectivity index (χ4v) is 3.39. The summed E-state index contributed by atoms with van der Waals surface area (Å²) in [5.74, 6) is -0.268. The highest BCUT2D eigenvalue weighted by Crippen LogP contribution is 2.26. The van der Waals surface area contributed by atoms with E-state index in [0.717, 1.165) is 10.6 Å². The molecule has 3 rings (SSSR count). The lowest BCUT2D eigenvalue weighted by atomic mass is 10.1. The van der Waals surface area contributed by atoms with E-state index < -0.39 is 4.92 Å². The van der Waals surface area contributed by atoms with Crippen molar-refractivity contribution in [2.75, 3.05) is 37.3 Å². The summed E-state index contributed by atoms with van der Waals surface area (Å²) >= 11 is 1.46. The Morgan fingerprint density at radius 1 is 1.08 bits per heavy atom. The van der Waals surface area contributed by atoms with Crippen molar-refractivity contribution in [1.82, 2.24) is 4.90 Å². The third kappa shape index (κ3) is 3.76. The van der Waals surface area contributed by atoms with Crippen LogP contribution in [-0.2, 0) is 0 Å². The summed E-state index contributed by atoms with van der Waals surface area (Å²) in [7, 11) is 0. The molecule has 0 N–H and O–H groups in total. The Balaban J connectivity index is 1.75. The molecule has 25 heavy (non-hydrogen) atoms. The molecule has 0 radical (unpaired) electrons. The summed E-state index contributed by atoms with van der Waals surface area (Å²) in [4.78, 5) is 28.4. The maximum atomic E-state index is 12.8. The Hall–Kier alpha value is -2.54. The summed E-state index contributed by atoms with van der Waals surface area (Å²) in [5, 5.41) is 11.3. The van der Waals surface area contributed by atoms with Crippen LogP contribution in [-0.4, -0.2) is 48.2 Å². The van der Waals surface area contributed by atoms with Gasteiger partial charge in [0.2, 0.25) is 0 Å². The Bertz CT molecular complexity index is 774. The quantitative estimate of drug-likeness (QED) is 0.477. The Morgan fingerprint density at radius 3 is 2.36 bits per heavy atom. The van der Waals surface area contributed by atoms with Crippen molar-refractivity contribution in [1.29, 1.82) is 0 Å². The number of nitro groups is 1. The molecule has 0 unspecified atom stereocenters. The average molecular weight is 357 g/mol. The number of carbonyl (C=O) groups excluding carboxylic acids is 1. The lowest BCUT2D eigenvalue weighted by molar-refractivity contribution is -0.385. The predicted molar refractivity (Wildman–Crippen MR) is 99.4 cm³/mol. The first-order valence-corrected chi connectivity index (χ1v) is 9.24. The molecule has 1 heterocycles. The number of carbonyl (C=O) groups is 1. The molecule has 0 spiro atoms. The molecule has 0 aliphatic carbocycles. The maximum Gasteiger partial charge on any atom is 0.282 e. The highest BCUT2D eigenvalue weighted by molar-refractivity contribution is 7.98. The largest absolute Gasteiger partial charge is 0.368 e. The topological polar surface area (TPSA) is 66.7 Å². The molecule has 2 aromatic rings. The van der Waals surface area contributed by atoms with Gasteiger partial charge in [-0.05, 0) is 30.5 Å². The van der Waals surface area contributed by atoms with Gasteiger partial charge in [0, 0.05) is 42.8 Å². The first kappa shape index (κ1) is 17.3. The van der Waals surface area contributed by atoms with Gasteiger partial charge in [-0.1, -0.05) is 18.2 Å². The van der Waals surface area contributed by atoms with E-state index in [1.54, 1.807) is 17.0 Å². The lowest BCUT2D eigenvalue weighted by Gasteiger charge is -2.36. The number of hydrogen-bond acceptors (Lipinski definition) is 5. The van der Waals surface area contributed by atoms with Crippen LogP contribution in [0.2, 0.25) is 0 Å². The van der Waals surface area contributed by atoms with E-state index >= 15 is 0 Å². The second kappa shape index (κ2) is 7.57. The van der Waals surface area contributed by atoms with Gasteiger partial charge in [0.25, 0.3) is 11.6 Å². The van der Waals surface area contributed by atoms with E-state index in [0.29, 0.717) is 26.2 Å². The molecule has 1 fully saturated rings. The number of nitro benzene ring substituents is 1. The molecule has 0 aromatic heterocycles. The number of anilines is 1. The van der Waals surface area contributed by atoms with Crippen molar-refractivity contribution < 1.29 is 9.72 Å². The van der Waals surface area contributed by atoms with Crippen LogP contribution in [0.5, 0.6) is 0 Å². The molecule has 1 aliphatic heterocycles. The predicted octanol–water partition coefficient (Wildman–Crippen LogP) is 3.28. The standard InChI is InChI=1S/C18H19N3O3S/c1-25-15-7-8-17(21(23)24)16(13-15)18(22)20-11-9-19(10-12-20)14-5-3-2-4-6-14/h2-8,13H,9-12H2,1H3. The van der Waals surface area contributed by atoms with E-state index in [4.69, 9.17) is 0 Å². The Morgan fingerprint density at radius 2 is 1.76 bits per heavy atom. The third-order valence-corrected chi connectivity index (χ3v) is 5.04. The molecule has 0 saturated carbocycles. The van der Waals surface area contributed by atoms with E-state index in [1.807, 2.05) is 36.6 Å². The number of benzene rings is 2. The Kier molecular flexibility index (Phi) is 5.23. The minimum absolute atomic E-state index is 0.131. The molecule has 0 atom stereocenters. The lowest BCUT2D eigenvalue weighted by Crippen LogP contribution is -2.48. The smallest absolute Gasteiger partial charge is 0.282 e.